The molecule has 16 nitrogen and oxygen atoms in total. The van der Waals surface area contributed by atoms with Crippen molar-refractivity contribution in [3.63, 3.8) is 0 Å². The van der Waals surface area contributed by atoms with Crippen LogP contribution in [-0.4, -0.2) is 78.1 Å². The number of nitrogens with zero attached hydrogens (tertiary/aromatic N) is 7. The number of hydrogen-bond donors (Lipinski definition) is 5. The van der Waals surface area contributed by atoms with Crippen LogP contribution in [0.4, 0.5) is 0 Å². The van der Waals surface area contributed by atoms with E-state index in [9.17, 15) is 15.3 Å². The van der Waals surface area contributed by atoms with Gasteiger partial charge in [0.15, 0.2) is 14.0 Å². The van der Waals surface area contributed by atoms with E-state index in [0.29, 0.717) is 11.7 Å². The number of alkyl halides is 1. The third-order valence-corrected chi connectivity index (χ3v) is 34.8. The standard InChI is InChI=1S/C21H23N3O.C20H18N2.C19H18IN.C19H18O.C18H15P.C12H13N.C7H6BrI.C5H11NSi.2C2H4O2.CH5NO.ClH.Pd/c1-24-19(22)23-21(25-24)18-9-5-4-8-17(18)14-20(21)12-10-15-6-2-3-7-16(15)11-13-20;21-14-22-19-18-8-4-3-7-17(18)13-20(19)11-9-15-5-1-2-6-16(15)10-12-20;20-18-8-4-3-7-17(18)13-19(14-21)11-9-15-5-1-2-6-16(15)10-12-19;20-18-17-8-4-3-7-16(17)13-19(18)11-9-14-5-1-2-6-15(14)10-12-19;1-4-10-16(11-5-1)19(17-12-6-2-7-13-17)18-14-8-3-9-15-18;13-9-10-5-7-11-3-1-2-4-12(11)8-6-10;8-5-6-3-1-2-4-7(6)9;1-5-6-7(2,3)4;2*1-2(3)4;1-2-3;;/h2-9H,10-14H2,1H3,(H2,22,23);1-8H,9-13H2;1-8H,9-13H2;1-8H,9-13H2;1-15H;1-4,10H,5-8H2;1-4H,5H2;1H2,2-4H3;2*1H3,(H,3,4);2-3H,1H3;1H;. The average Bonchev–Trinajstić information content (AvgIpc) is 1.53. The molecule has 0 amide bonds. The molecule has 22 rings (SSSR count). The number of guanidine groups is 1. The molecule has 13 aromatic carbocycles. The maximum absolute atomic E-state index is 12.9. The molecular formula is C126H136BrClI2N9O7PPdSi. The Labute approximate surface area is 940 Å². The number of ketones is 1. The minimum Gasteiger partial charge on any atom is -0.481 e. The van der Waals surface area contributed by atoms with Crippen LogP contribution in [0.3, 0.4) is 0 Å². The quantitative estimate of drug-likeness (QED) is 0.0145. The Bertz CT molecular complexity index is 6600. The summed E-state index contributed by atoms with van der Waals surface area (Å²) >= 11 is 8.11. The fraction of sp³-hybridized carbons (Fsp3) is 0.302. The van der Waals surface area contributed by atoms with Gasteiger partial charge in [0.25, 0.3) is 11.9 Å². The zero-order chi connectivity index (χ0) is 105. The van der Waals surface area contributed by atoms with Crippen molar-refractivity contribution in [2.75, 3.05) is 14.1 Å². The molecule has 1 aliphatic heterocycles. The van der Waals surface area contributed by atoms with Gasteiger partial charge in [0.1, 0.15) is 0 Å². The summed E-state index contributed by atoms with van der Waals surface area (Å²) < 4.78 is 6.63. The molecule has 0 saturated heterocycles. The summed E-state index contributed by atoms with van der Waals surface area (Å²) in [6, 6.07) is 123. The van der Waals surface area contributed by atoms with E-state index in [1.165, 1.54) is 125 Å². The molecular weight excluding hydrogens is 2290 g/mol. The molecule has 1 heterocycles. The summed E-state index contributed by atoms with van der Waals surface area (Å²) in [6.45, 7) is 12.0. The number of carbonyl (C=O) groups is 3. The molecule has 1 unspecified atom stereocenters. The Balaban J connectivity index is 0.000000174. The number of aliphatic imine (C=N–C) groups is 2. The van der Waals surface area contributed by atoms with E-state index in [1.54, 1.807) is 10.5 Å². The van der Waals surface area contributed by atoms with Crippen LogP contribution >= 0.6 is 81.4 Å². The van der Waals surface area contributed by atoms with Gasteiger partial charge in [-0.05, 0) is 351 Å². The molecule has 774 valence electrons. The summed E-state index contributed by atoms with van der Waals surface area (Å²) in [5.74, 6) is 2.01. The fourth-order valence-corrected chi connectivity index (χ4v) is 26.4. The Hall–Kier alpha value is -11.3. The number of rotatable bonds is 7. The summed E-state index contributed by atoms with van der Waals surface area (Å²) in [4.78, 5) is 46.5. The molecule has 0 fully saturated rings. The topological polar surface area (TPSA) is 271 Å². The second kappa shape index (κ2) is 59.0. The number of benzene rings is 13. The van der Waals surface area contributed by atoms with Crippen LogP contribution in [0.1, 0.15) is 183 Å². The van der Waals surface area contributed by atoms with Gasteiger partial charge in [0.05, 0.1) is 23.3 Å². The molecule has 0 aromatic heterocycles. The number of hydrogen-bond acceptors (Lipinski definition) is 14. The first-order valence-electron chi connectivity index (χ1n) is 50.7. The molecule has 0 radical (unpaired) electrons. The van der Waals surface area contributed by atoms with Crippen molar-refractivity contribution >= 4 is 141 Å². The zero-order valence-corrected chi connectivity index (χ0v) is 96.4. The van der Waals surface area contributed by atoms with Crippen LogP contribution in [-0.2, 0) is 136 Å². The molecule has 9 aliphatic rings. The summed E-state index contributed by atoms with van der Waals surface area (Å²) in [5, 5.41) is 56.8. The number of nitriles is 3. The van der Waals surface area contributed by atoms with Crippen molar-refractivity contribution in [1.82, 2.24) is 10.5 Å². The minimum atomic E-state index is -1.21. The number of nitrogens with two attached hydrogens (primary N) is 1. The monoisotopic (exact) mass is 2420 g/mol. The van der Waals surface area contributed by atoms with E-state index in [-0.39, 0.29) is 60.4 Å². The van der Waals surface area contributed by atoms with E-state index in [1.807, 2.05) is 25.2 Å². The van der Waals surface area contributed by atoms with Gasteiger partial charge >= 0.3 is 0 Å². The van der Waals surface area contributed by atoms with Gasteiger partial charge in [-0.15, -0.1) is 12.4 Å². The zero-order valence-electron chi connectivity index (χ0n) is 86.2. The van der Waals surface area contributed by atoms with E-state index in [0.717, 1.165) is 185 Å². The number of halogens is 4. The second-order valence-electron chi connectivity index (χ2n) is 39.6. The van der Waals surface area contributed by atoms with Crippen molar-refractivity contribution in [3.05, 3.63) is 448 Å². The Kier molecular flexibility index (Phi) is 47.3. The van der Waals surface area contributed by atoms with Crippen molar-refractivity contribution in [1.29, 1.82) is 15.8 Å². The van der Waals surface area contributed by atoms with Crippen LogP contribution in [0.5, 0.6) is 0 Å². The Morgan fingerprint density at radius 2 is 0.812 bits per heavy atom. The van der Waals surface area contributed by atoms with Crippen LogP contribution in [0.15, 0.2) is 355 Å². The largest absolute Gasteiger partial charge is 0.481 e. The van der Waals surface area contributed by atoms with Crippen molar-refractivity contribution in [3.8, 4) is 18.3 Å². The van der Waals surface area contributed by atoms with Crippen molar-refractivity contribution in [2.24, 2.45) is 48.0 Å². The third kappa shape index (κ3) is 32.7. The molecule has 4 spiro atoms. The molecule has 1 atom stereocenters. The van der Waals surface area contributed by atoms with Gasteiger partial charge in [-0.1, -0.05) is 337 Å². The van der Waals surface area contributed by atoms with Gasteiger partial charge in [-0.2, -0.15) is 20.8 Å². The molecule has 8 aliphatic carbocycles. The Morgan fingerprint density at radius 3 is 1.15 bits per heavy atom. The molecule has 149 heavy (non-hydrogen) atoms. The number of carbonyl (C=O) groups excluding carboxylic acids is 1. The minimum absolute atomic E-state index is 0. The van der Waals surface area contributed by atoms with Gasteiger partial charge in [0, 0.05) is 99.7 Å². The van der Waals surface area contributed by atoms with Crippen LogP contribution in [0.2, 0.25) is 19.6 Å². The van der Waals surface area contributed by atoms with E-state index in [2.05, 4.69) is 437 Å². The summed E-state index contributed by atoms with van der Waals surface area (Å²) in [6.07, 6.45) is 26.7. The number of Topliss-reactive ketones (excluding diaryl/α,β-unsaturated/α-hetero) is 1. The Morgan fingerprint density at radius 1 is 0.490 bits per heavy atom. The molecule has 0 saturated carbocycles. The second-order valence-corrected chi connectivity index (χ2v) is 49.3. The smallest absolute Gasteiger partial charge is 0.300 e. The van der Waals surface area contributed by atoms with Crippen LogP contribution in [0.25, 0.3) is 0 Å². The summed E-state index contributed by atoms with van der Waals surface area (Å²) in [7, 11) is 1.63. The van der Waals surface area contributed by atoms with Gasteiger partial charge in [-0.25, -0.2) is 20.4 Å². The number of carboxylic acids is 2. The first-order chi connectivity index (χ1) is 71.1. The SMILES string of the molecule is BrCc1ccccc1I.C=C=N[Si](C)(C)C.CC(=O)O.CC(=O)O.CN1OC2(N=C1N)c1ccccc1CC21CCc2ccccc2CC1.CNO.Cl.N#CC1(Cc2ccccc2I)CCc2ccccc2CC1.N#CC1CCc2ccccc2CC1.N#CN=C1c2ccccc2CC12CCc1ccccc1CC2.O=C1c2ccccc2CC12CCc1ccccc1CC2.[Pd].c1ccc(P(c2ccccc2)c2ccccc2)cc1. The van der Waals surface area contributed by atoms with Gasteiger partial charge in [-0.3, -0.25) is 19.0 Å². The van der Waals surface area contributed by atoms with Gasteiger partial charge < -0.3 is 21.2 Å². The number of aliphatic carboxylic acids is 2. The van der Waals surface area contributed by atoms with E-state index in [4.69, 9.17) is 45.8 Å². The normalized spacial score (nSPS) is 16.7. The molecule has 6 N–H and O–H groups in total. The maximum Gasteiger partial charge on any atom is 0.300 e. The first-order valence-corrected chi connectivity index (χ1v) is 58.8. The first kappa shape index (κ1) is 120. The molecule has 23 heteroatoms. The van der Waals surface area contributed by atoms with Crippen LogP contribution < -0.4 is 27.1 Å². The third-order valence-electron chi connectivity index (χ3n) is 28.8. The number of fused-ring (bicyclic) bond motifs is 10. The predicted octanol–water partition coefficient (Wildman–Crippen LogP) is 27.4. The van der Waals surface area contributed by atoms with E-state index >= 15 is 0 Å². The fourth-order valence-electron chi connectivity index (χ4n) is 21.4. The maximum atomic E-state index is 12.9. The van der Waals surface area contributed by atoms with Crippen molar-refractivity contribution < 1.29 is 55.1 Å². The average molecular weight is 2420 g/mol. The summed E-state index contributed by atoms with van der Waals surface area (Å²) in [5.41, 5.74) is 32.3. The van der Waals surface area contributed by atoms with E-state index < -0.39 is 33.8 Å². The predicted molar refractivity (Wildman–Crippen MR) is 630 cm³/mol. The number of carboxylic acid groups (broad SMARTS) is 2. The van der Waals surface area contributed by atoms with Crippen LogP contribution in [0, 0.1) is 68.8 Å². The van der Waals surface area contributed by atoms with Crippen molar-refractivity contribution in [2.45, 2.75) is 199 Å². The number of hydroxylamine groups is 3. The molecule has 0 bridgehead atoms. The number of nitrogens with one attached hydrogen (secondary N) is 1. The molecule has 13 aromatic rings. The van der Waals surface area contributed by atoms with Gasteiger partial charge in [0.2, 0.25) is 17.9 Å². The number of aryl methyl sites for hydroxylation is 10.